The van der Waals surface area contributed by atoms with Gasteiger partial charge in [-0.25, -0.2) is 0 Å². The van der Waals surface area contributed by atoms with Gasteiger partial charge >= 0.3 is 0 Å². The average Bonchev–Trinajstić information content (AvgIpc) is 2.68. The monoisotopic (exact) mass is 357 g/mol. The van der Waals surface area contributed by atoms with E-state index in [0.29, 0.717) is 5.71 Å². The maximum atomic E-state index is 8.86. The normalized spacial score (nSPS) is 17.4. The van der Waals surface area contributed by atoms with Gasteiger partial charge in [0.2, 0.25) is 0 Å². The van der Waals surface area contributed by atoms with Crippen LogP contribution in [-0.2, 0) is 15.1 Å². The van der Waals surface area contributed by atoms with Crippen LogP contribution in [0.15, 0.2) is 63.5 Å². The number of methoxy groups -OCH3 is 1. The minimum Gasteiger partial charge on any atom is -0.411 e. The van der Waals surface area contributed by atoms with Crippen LogP contribution < -0.4 is 0 Å². The Morgan fingerprint density at radius 3 is 2.48 bits per heavy atom. The molecule has 2 aromatic carbocycles. The zero-order valence-electron chi connectivity index (χ0n) is 14.6. The summed E-state index contributed by atoms with van der Waals surface area (Å²) in [6.45, 7) is 3.25. The Bertz CT molecular complexity index is 737. The predicted molar refractivity (Wildman–Crippen MR) is 99.7 cm³/mol. The van der Waals surface area contributed by atoms with E-state index in [0.717, 1.165) is 36.5 Å². The first-order valence-corrected chi connectivity index (χ1v) is 9.19. The van der Waals surface area contributed by atoms with Gasteiger partial charge in [0.15, 0.2) is 0 Å². The van der Waals surface area contributed by atoms with Gasteiger partial charge in [-0.2, -0.15) is 0 Å². The maximum absolute atomic E-state index is 8.86. The van der Waals surface area contributed by atoms with E-state index in [1.165, 1.54) is 10.5 Å². The summed E-state index contributed by atoms with van der Waals surface area (Å²) in [6, 6.07) is 16.6. The molecular weight excluding hydrogens is 334 g/mol. The zero-order chi connectivity index (χ0) is 17.7. The van der Waals surface area contributed by atoms with Crippen molar-refractivity contribution in [3.8, 4) is 0 Å². The van der Waals surface area contributed by atoms with Gasteiger partial charge in [0, 0.05) is 43.0 Å². The predicted octanol–water partition coefficient (Wildman–Crippen LogP) is 4.69. The van der Waals surface area contributed by atoms with E-state index >= 15 is 0 Å². The Labute approximate surface area is 152 Å². The topological polar surface area (TPSA) is 51.0 Å². The lowest BCUT2D eigenvalue weighted by Gasteiger charge is -2.36. The average molecular weight is 357 g/mol. The van der Waals surface area contributed by atoms with Crippen molar-refractivity contribution in [3.05, 3.63) is 59.7 Å². The number of nitrogens with zero attached hydrogens (tertiary/aromatic N) is 1. The molecule has 4 nitrogen and oxygen atoms in total. The Balaban J connectivity index is 1.80. The Morgan fingerprint density at radius 1 is 1.12 bits per heavy atom. The Hall–Kier alpha value is -1.82. The molecule has 0 atom stereocenters. The highest BCUT2D eigenvalue weighted by atomic mass is 32.2. The molecule has 1 N–H and O–H groups in total. The molecule has 1 heterocycles. The molecule has 5 heteroatoms. The van der Waals surface area contributed by atoms with Crippen LogP contribution in [0.1, 0.15) is 30.9 Å². The lowest BCUT2D eigenvalue weighted by atomic mass is 9.86. The van der Waals surface area contributed by atoms with Crippen molar-refractivity contribution in [2.24, 2.45) is 5.16 Å². The Kier molecular flexibility index (Phi) is 5.78. The second kappa shape index (κ2) is 8.04. The molecule has 0 saturated carbocycles. The number of rotatable bonds is 5. The van der Waals surface area contributed by atoms with E-state index < -0.39 is 0 Å². The highest BCUT2D eigenvalue weighted by Crippen LogP contribution is 2.38. The molecular formula is C20H23NO3S. The van der Waals surface area contributed by atoms with Crippen molar-refractivity contribution in [2.45, 2.75) is 35.2 Å². The number of hydrogen-bond donors (Lipinski definition) is 1. The van der Waals surface area contributed by atoms with Crippen LogP contribution in [0, 0.1) is 0 Å². The second-order valence-corrected chi connectivity index (χ2v) is 7.30. The van der Waals surface area contributed by atoms with Crippen LogP contribution in [0.3, 0.4) is 0 Å². The number of hydrogen-bond acceptors (Lipinski definition) is 5. The fourth-order valence-corrected chi connectivity index (χ4v) is 3.99. The quantitative estimate of drug-likeness (QED) is 0.479. The smallest absolute Gasteiger partial charge is 0.0971 e. The van der Waals surface area contributed by atoms with Gasteiger partial charge in [-0.05, 0) is 42.3 Å². The fraction of sp³-hybridized carbons (Fsp3) is 0.350. The molecule has 1 aliphatic heterocycles. The molecule has 0 aromatic heterocycles. The summed E-state index contributed by atoms with van der Waals surface area (Å²) < 4.78 is 11.4. The molecule has 0 radical (unpaired) electrons. The van der Waals surface area contributed by atoms with E-state index in [-0.39, 0.29) is 5.60 Å². The number of oxime groups is 1. The minimum absolute atomic E-state index is 0.243. The summed E-state index contributed by atoms with van der Waals surface area (Å²) in [4.78, 5) is 2.32. The van der Waals surface area contributed by atoms with Gasteiger partial charge in [-0.15, -0.1) is 0 Å². The van der Waals surface area contributed by atoms with Crippen LogP contribution in [-0.4, -0.2) is 31.2 Å². The summed E-state index contributed by atoms with van der Waals surface area (Å²) in [5.74, 6) is 0. The molecule has 2 aromatic rings. The van der Waals surface area contributed by atoms with Crippen molar-refractivity contribution in [1.82, 2.24) is 0 Å². The third-order valence-corrected chi connectivity index (χ3v) is 5.71. The van der Waals surface area contributed by atoms with Crippen molar-refractivity contribution >= 4 is 17.5 Å². The molecule has 3 rings (SSSR count). The third kappa shape index (κ3) is 4.06. The molecule has 0 amide bonds. The summed E-state index contributed by atoms with van der Waals surface area (Å²) in [5, 5.41) is 12.1. The molecule has 0 bridgehead atoms. The van der Waals surface area contributed by atoms with Gasteiger partial charge in [-0.1, -0.05) is 41.2 Å². The van der Waals surface area contributed by atoms with Gasteiger partial charge in [-0.3, -0.25) is 0 Å². The van der Waals surface area contributed by atoms with E-state index in [4.69, 9.17) is 14.7 Å². The standard InChI is InChI=1S/C20H23NO3S/c1-15(21-22)16-6-8-18(9-7-16)25-19-5-3-4-17(14-19)20(23-2)10-12-24-13-11-20/h3-9,14,22H,10-13H2,1-2H3/b21-15+. The fourth-order valence-electron chi connectivity index (χ4n) is 3.11. The lowest BCUT2D eigenvalue weighted by Crippen LogP contribution is -2.35. The molecule has 1 saturated heterocycles. The first-order chi connectivity index (χ1) is 12.2. The molecule has 132 valence electrons. The van der Waals surface area contributed by atoms with Crippen LogP contribution in [0.5, 0.6) is 0 Å². The van der Waals surface area contributed by atoms with Crippen LogP contribution in [0.4, 0.5) is 0 Å². The minimum atomic E-state index is -0.243. The molecule has 0 aliphatic carbocycles. The zero-order valence-corrected chi connectivity index (χ0v) is 15.4. The summed E-state index contributed by atoms with van der Waals surface area (Å²) in [6.07, 6.45) is 1.76. The van der Waals surface area contributed by atoms with Crippen LogP contribution in [0.2, 0.25) is 0 Å². The first-order valence-electron chi connectivity index (χ1n) is 8.37. The molecule has 0 unspecified atom stereocenters. The maximum Gasteiger partial charge on any atom is 0.0971 e. The summed E-state index contributed by atoms with van der Waals surface area (Å²) >= 11 is 1.71. The number of ether oxygens (including phenoxy) is 2. The van der Waals surface area contributed by atoms with E-state index in [9.17, 15) is 0 Å². The number of benzene rings is 2. The Morgan fingerprint density at radius 2 is 1.84 bits per heavy atom. The molecule has 0 spiro atoms. The van der Waals surface area contributed by atoms with Crippen LogP contribution >= 0.6 is 11.8 Å². The van der Waals surface area contributed by atoms with Gasteiger partial charge in [0.25, 0.3) is 0 Å². The summed E-state index contributed by atoms with van der Waals surface area (Å²) in [7, 11) is 1.79. The highest BCUT2D eigenvalue weighted by Gasteiger charge is 2.34. The molecule has 1 aliphatic rings. The van der Waals surface area contributed by atoms with Crippen molar-refractivity contribution in [2.75, 3.05) is 20.3 Å². The summed E-state index contributed by atoms with van der Waals surface area (Å²) in [5.41, 5.74) is 2.50. The molecule has 25 heavy (non-hydrogen) atoms. The van der Waals surface area contributed by atoms with Crippen molar-refractivity contribution in [3.63, 3.8) is 0 Å². The largest absolute Gasteiger partial charge is 0.411 e. The van der Waals surface area contributed by atoms with E-state index in [2.05, 4.69) is 29.4 Å². The van der Waals surface area contributed by atoms with Crippen molar-refractivity contribution < 1.29 is 14.7 Å². The van der Waals surface area contributed by atoms with Gasteiger partial charge in [0.1, 0.15) is 0 Å². The van der Waals surface area contributed by atoms with Crippen LogP contribution in [0.25, 0.3) is 0 Å². The SMILES string of the molecule is COC1(c2cccc(Sc3ccc(/C(C)=N/O)cc3)c2)CCOCC1. The first kappa shape index (κ1) is 18.0. The van der Waals surface area contributed by atoms with Gasteiger partial charge < -0.3 is 14.7 Å². The van der Waals surface area contributed by atoms with E-state index in [1.54, 1.807) is 25.8 Å². The third-order valence-electron chi connectivity index (χ3n) is 4.71. The van der Waals surface area contributed by atoms with Crippen molar-refractivity contribution in [1.29, 1.82) is 0 Å². The lowest BCUT2D eigenvalue weighted by molar-refractivity contribution is -0.0948. The van der Waals surface area contributed by atoms with Gasteiger partial charge in [0.05, 0.1) is 11.3 Å². The highest BCUT2D eigenvalue weighted by molar-refractivity contribution is 7.99. The molecule has 1 fully saturated rings. The second-order valence-electron chi connectivity index (χ2n) is 6.15. The van der Waals surface area contributed by atoms with E-state index in [1.807, 2.05) is 24.3 Å².